The van der Waals surface area contributed by atoms with E-state index >= 15 is 0 Å². The van der Waals surface area contributed by atoms with Crippen LogP contribution in [-0.2, 0) is 0 Å². The Labute approximate surface area is 137 Å². The van der Waals surface area contributed by atoms with E-state index in [2.05, 4.69) is 10.5 Å². The molecular formula is C18H13N3O3. The molecule has 0 saturated heterocycles. The number of hydrogen-bond acceptors (Lipinski definition) is 4. The van der Waals surface area contributed by atoms with Gasteiger partial charge in [0.15, 0.2) is 0 Å². The number of hydrogen-bond donors (Lipinski definition) is 1. The first-order chi connectivity index (χ1) is 11.6. The van der Waals surface area contributed by atoms with Crippen molar-refractivity contribution < 1.29 is 9.72 Å². The van der Waals surface area contributed by atoms with E-state index in [1.165, 1.54) is 18.3 Å². The number of benzene rings is 3. The van der Waals surface area contributed by atoms with E-state index in [4.69, 9.17) is 0 Å². The number of rotatable bonds is 4. The van der Waals surface area contributed by atoms with Gasteiger partial charge < -0.3 is 0 Å². The minimum atomic E-state index is -0.470. The third-order valence-electron chi connectivity index (χ3n) is 3.50. The summed E-state index contributed by atoms with van der Waals surface area (Å²) in [6.07, 6.45) is 1.43. The zero-order valence-electron chi connectivity index (χ0n) is 12.5. The van der Waals surface area contributed by atoms with Crippen LogP contribution in [0.2, 0.25) is 0 Å². The van der Waals surface area contributed by atoms with Crippen molar-refractivity contribution in [2.24, 2.45) is 5.10 Å². The van der Waals surface area contributed by atoms with Crippen molar-refractivity contribution in [2.45, 2.75) is 0 Å². The maximum absolute atomic E-state index is 12.1. The summed E-state index contributed by atoms with van der Waals surface area (Å²) in [5.41, 5.74) is 3.61. The summed E-state index contributed by atoms with van der Waals surface area (Å²) < 4.78 is 0. The predicted molar refractivity (Wildman–Crippen MR) is 92.1 cm³/mol. The lowest BCUT2D eigenvalue weighted by Crippen LogP contribution is -2.17. The molecule has 118 valence electrons. The molecule has 6 nitrogen and oxygen atoms in total. The first kappa shape index (κ1) is 15.4. The fraction of sp³-hybridized carbons (Fsp3) is 0. The molecule has 0 unspecified atom stereocenters. The second kappa shape index (κ2) is 6.70. The van der Waals surface area contributed by atoms with Gasteiger partial charge >= 0.3 is 0 Å². The second-order valence-electron chi connectivity index (χ2n) is 5.11. The quantitative estimate of drug-likeness (QED) is 0.453. The highest BCUT2D eigenvalue weighted by Gasteiger charge is 2.05. The van der Waals surface area contributed by atoms with Crippen molar-refractivity contribution in [1.29, 1.82) is 0 Å². The summed E-state index contributed by atoms with van der Waals surface area (Å²) in [5, 5.41) is 16.5. The summed E-state index contributed by atoms with van der Waals surface area (Å²) >= 11 is 0. The summed E-state index contributed by atoms with van der Waals surface area (Å²) in [5.74, 6) is -0.320. The van der Waals surface area contributed by atoms with Crippen LogP contribution in [0.3, 0.4) is 0 Å². The van der Waals surface area contributed by atoms with Crippen molar-refractivity contribution in [3.63, 3.8) is 0 Å². The van der Waals surface area contributed by atoms with Crippen molar-refractivity contribution in [3.05, 3.63) is 88.0 Å². The molecule has 24 heavy (non-hydrogen) atoms. The van der Waals surface area contributed by atoms with Crippen LogP contribution in [-0.4, -0.2) is 17.0 Å². The third-order valence-corrected chi connectivity index (χ3v) is 3.50. The molecule has 0 spiro atoms. The van der Waals surface area contributed by atoms with Gasteiger partial charge in [-0.15, -0.1) is 0 Å². The molecule has 0 heterocycles. The Morgan fingerprint density at radius 1 is 1.00 bits per heavy atom. The van der Waals surface area contributed by atoms with Crippen LogP contribution < -0.4 is 5.43 Å². The van der Waals surface area contributed by atoms with E-state index in [1.807, 2.05) is 30.3 Å². The van der Waals surface area contributed by atoms with E-state index < -0.39 is 4.92 Å². The number of amides is 1. The first-order valence-corrected chi connectivity index (χ1v) is 7.20. The lowest BCUT2D eigenvalue weighted by Gasteiger charge is -2.02. The normalized spacial score (nSPS) is 10.8. The number of nitrogens with one attached hydrogen (secondary N) is 1. The highest BCUT2D eigenvalue weighted by atomic mass is 16.6. The van der Waals surface area contributed by atoms with Gasteiger partial charge in [0, 0.05) is 17.7 Å². The van der Waals surface area contributed by atoms with E-state index in [0.717, 1.165) is 10.8 Å². The van der Waals surface area contributed by atoms with E-state index in [0.29, 0.717) is 11.1 Å². The SMILES string of the molecule is O=C(N/N=C\c1ccc([N+](=O)[O-])cc1)c1ccc2ccccc2c1. The lowest BCUT2D eigenvalue weighted by molar-refractivity contribution is -0.384. The molecule has 0 aliphatic rings. The van der Waals surface area contributed by atoms with Crippen molar-refractivity contribution in [1.82, 2.24) is 5.43 Å². The number of non-ortho nitro benzene ring substituents is 1. The maximum Gasteiger partial charge on any atom is 0.271 e. The Morgan fingerprint density at radius 2 is 1.71 bits per heavy atom. The summed E-state index contributed by atoms with van der Waals surface area (Å²) in [6, 6.07) is 19.1. The summed E-state index contributed by atoms with van der Waals surface area (Å²) in [7, 11) is 0. The number of hydrazone groups is 1. The van der Waals surface area contributed by atoms with Gasteiger partial charge in [-0.3, -0.25) is 14.9 Å². The Balaban J connectivity index is 1.68. The van der Waals surface area contributed by atoms with Crippen LogP contribution >= 0.6 is 0 Å². The zero-order valence-corrected chi connectivity index (χ0v) is 12.5. The molecule has 0 aromatic heterocycles. The fourth-order valence-electron chi connectivity index (χ4n) is 2.24. The minimum Gasteiger partial charge on any atom is -0.267 e. The molecule has 0 bridgehead atoms. The Morgan fingerprint density at radius 3 is 2.42 bits per heavy atom. The van der Waals surface area contributed by atoms with Crippen LogP contribution in [0.1, 0.15) is 15.9 Å². The molecule has 0 fully saturated rings. The molecular weight excluding hydrogens is 306 g/mol. The average molecular weight is 319 g/mol. The molecule has 0 atom stereocenters. The first-order valence-electron chi connectivity index (χ1n) is 7.20. The standard InChI is InChI=1S/C18H13N3O3/c22-18(16-8-7-14-3-1-2-4-15(14)11-16)20-19-12-13-5-9-17(10-6-13)21(23)24/h1-12H,(H,20,22)/b19-12-. The van der Waals surface area contributed by atoms with Gasteiger partial charge in [-0.25, -0.2) is 5.43 Å². The van der Waals surface area contributed by atoms with E-state index in [-0.39, 0.29) is 11.6 Å². The number of nitrogens with zero attached hydrogens (tertiary/aromatic N) is 2. The van der Waals surface area contributed by atoms with Gasteiger partial charge in [0.25, 0.3) is 11.6 Å². The van der Waals surface area contributed by atoms with E-state index in [1.54, 1.807) is 24.3 Å². The number of carbonyl (C=O) groups excluding carboxylic acids is 1. The van der Waals surface area contributed by atoms with Crippen molar-refractivity contribution in [2.75, 3.05) is 0 Å². The highest BCUT2D eigenvalue weighted by Crippen LogP contribution is 2.15. The zero-order chi connectivity index (χ0) is 16.9. The van der Waals surface area contributed by atoms with Gasteiger partial charge in [-0.1, -0.05) is 30.3 Å². The molecule has 3 aromatic carbocycles. The lowest BCUT2D eigenvalue weighted by atomic mass is 10.1. The predicted octanol–water partition coefficient (Wildman–Crippen LogP) is 3.51. The van der Waals surface area contributed by atoms with Gasteiger partial charge in [-0.05, 0) is 40.6 Å². The molecule has 6 heteroatoms. The topological polar surface area (TPSA) is 84.6 Å². The maximum atomic E-state index is 12.1. The smallest absolute Gasteiger partial charge is 0.267 e. The monoisotopic (exact) mass is 319 g/mol. The summed E-state index contributed by atoms with van der Waals surface area (Å²) in [4.78, 5) is 22.2. The molecule has 0 saturated carbocycles. The highest BCUT2D eigenvalue weighted by molar-refractivity contribution is 5.98. The minimum absolute atomic E-state index is 0.00680. The number of nitro groups is 1. The molecule has 1 amide bonds. The van der Waals surface area contributed by atoms with Crippen LogP contribution in [0.4, 0.5) is 5.69 Å². The second-order valence-corrected chi connectivity index (χ2v) is 5.11. The van der Waals surface area contributed by atoms with Crippen LogP contribution in [0.5, 0.6) is 0 Å². The van der Waals surface area contributed by atoms with Gasteiger partial charge in [0.1, 0.15) is 0 Å². The van der Waals surface area contributed by atoms with E-state index in [9.17, 15) is 14.9 Å². The number of carbonyl (C=O) groups is 1. The summed E-state index contributed by atoms with van der Waals surface area (Å²) in [6.45, 7) is 0. The number of nitro benzene ring substituents is 1. The van der Waals surface area contributed by atoms with Gasteiger partial charge in [0.05, 0.1) is 11.1 Å². The fourth-order valence-corrected chi connectivity index (χ4v) is 2.24. The molecule has 3 aromatic rings. The Hall–Kier alpha value is -3.54. The number of fused-ring (bicyclic) bond motifs is 1. The van der Waals surface area contributed by atoms with Crippen LogP contribution in [0.15, 0.2) is 71.8 Å². The molecule has 0 aliphatic heterocycles. The van der Waals surface area contributed by atoms with Crippen LogP contribution in [0.25, 0.3) is 10.8 Å². The Bertz CT molecular complexity index is 934. The Kier molecular flexibility index (Phi) is 4.29. The van der Waals surface area contributed by atoms with Crippen molar-refractivity contribution in [3.8, 4) is 0 Å². The average Bonchev–Trinajstić information content (AvgIpc) is 2.61. The molecule has 0 radical (unpaired) electrons. The molecule has 3 rings (SSSR count). The van der Waals surface area contributed by atoms with Gasteiger partial charge in [0.2, 0.25) is 0 Å². The largest absolute Gasteiger partial charge is 0.271 e. The van der Waals surface area contributed by atoms with Crippen molar-refractivity contribution >= 4 is 28.6 Å². The van der Waals surface area contributed by atoms with Crippen LogP contribution in [0, 0.1) is 10.1 Å². The molecule has 1 N–H and O–H groups in total. The molecule has 0 aliphatic carbocycles. The third kappa shape index (κ3) is 3.44. The van der Waals surface area contributed by atoms with Gasteiger partial charge in [-0.2, -0.15) is 5.10 Å².